The van der Waals surface area contributed by atoms with Crippen molar-refractivity contribution in [3.05, 3.63) is 58.9 Å². The third-order valence-electron chi connectivity index (χ3n) is 5.61. The van der Waals surface area contributed by atoms with Crippen LogP contribution in [0.15, 0.2) is 30.3 Å². The molecule has 0 saturated heterocycles. The zero-order valence-corrected chi connectivity index (χ0v) is 15.3. The first-order chi connectivity index (χ1) is 12.9. The average molecular weight is 376 g/mol. The maximum atomic E-state index is 14.3. The third-order valence-corrected chi connectivity index (χ3v) is 5.61. The SMILES string of the molecule is CCC[C@H]1CC[C@H](c2ccc(-c3c(C(=O)O)cc(F)c(F)c3F)cc2)CC1. The van der Waals surface area contributed by atoms with E-state index in [0.717, 1.165) is 24.3 Å². The second-order valence-electron chi connectivity index (χ2n) is 7.34. The van der Waals surface area contributed by atoms with Crippen molar-refractivity contribution in [3.8, 4) is 11.1 Å². The Hall–Kier alpha value is -2.30. The summed E-state index contributed by atoms with van der Waals surface area (Å²) in [7, 11) is 0. The summed E-state index contributed by atoms with van der Waals surface area (Å²) in [4.78, 5) is 11.4. The molecule has 3 rings (SSSR count). The van der Waals surface area contributed by atoms with Gasteiger partial charge in [-0.2, -0.15) is 0 Å². The van der Waals surface area contributed by atoms with Crippen molar-refractivity contribution in [3.63, 3.8) is 0 Å². The average Bonchev–Trinajstić information content (AvgIpc) is 2.67. The molecule has 0 spiro atoms. The predicted molar refractivity (Wildman–Crippen MR) is 98.3 cm³/mol. The molecule has 144 valence electrons. The van der Waals surface area contributed by atoms with Crippen molar-refractivity contribution < 1.29 is 23.1 Å². The van der Waals surface area contributed by atoms with Gasteiger partial charge in [0.25, 0.3) is 0 Å². The number of benzene rings is 2. The van der Waals surface area contributed by atoms with E-state index in [-0.39, 0.29) is 5.56 Å². The lowest BCUT2D eigenvalue weighted by atomic mass is 9.77. The lowest BCUT2D eigenvalue weighted by Crippen LogP contribution is -2.13. The number of hydrogen-bond acceptors (Lipinski definition) is 1. The quantitative estimate of drug-likeness (QED) is 0.601. The summed E-state index contributed by atoms with van der Waals surface area (Å²) in [5, 5.41) is 9.24. The first-order valence-electron chi connectivity index (χ1n) is 9.43. The topological polar surface area (TPSA) is 37.3 Å². The Morgan fingerprint density at radius 1 is 1.04 bits per heavy atom. The number of carboxylic acids is 1. The molecule has 5 heteroatoms. The number of aromatic carboxylic acids is 1. The van der Waals surface area contributed by atoms with Crippen LogP contribution in [-0.4, -0.2) is 11.1 Å². The van der Waals surface area contributed by atoms with E-state index in [1.807, 2.05) is 12.1 Å². The van der Waals surface area contributed by atoms with Crippen LogP contribution in [0.3, 0.4) is 0 Å². The van der Waals surface area contributed by atoms with E-state index in [9.17, 15) is 23.1 Å². The van der Waals surface area contributed by atoms with Crippen LogP contribution >= 0.6 is 0 Å². The van der Waals surface area contributed by atoms with Crippen LogP contribution in [0.4, 0.5) is 13.2 Å². The monoisotopic (exact) mass is 376 g/mol. The molecule has 2 nitrogen and oxygen atoms in total. The second-order valence-corrected chi connectivity index (χ2v) is 7.34. The number of rotatable bonds is 5. The van der Waals surface area contributed by atoms with Crippen molar-refractivity contribution >= 4 is 5.97 Å². The Morgan fingerprint density at radius 2 is 1.67 bits per heavy atom. The number of hydrogen-bond donors (Lipinski definition) is 1. The first kappa shape index (κ1) is 19.5. The lowest BCUT2D eigenvalue weighted by Gasteiger charge is -2.28. The molecule has 0 aliphatic heterocycles. The van der Waals surface area contributed by atoms with E-state index in [1.54, 1.807) is 12.1 Å². The molecular formula is C22H23F3O2. The van der Waals surface area contributed by atoms with Gasteiger partial charge in [-0.15, -0.1) is 0 Å². The Bertz CT molecular complexity index is 822. The smallest absolute Gasteiger partial charge is 0.336 e. The van der Waals surface area contributed by atoms with E-state index < -0.39 is 34.5 Å². The minimum absolute atomic E-state index is 0.229. The minimum atomic E-state index is -1.66. The zero-order valence-electron chi connectivity index (χ0n) is 15.3. The molecule has 1 aliphatic carbocycles. The number of halogens is 3. The maximum Gasteiger partial charge on any atom is 0.336 e. The van der Waals surface area contributed by atoms with Crippen LogP contribution in [0.5, 0.6) is 0 Å². The molecule has 0 unspecified atom stereocenters. The highest BCUT2D eigenvalue weighted by Gasteiger charge is 2.25. The van der Waals surface area contributed by atoms with Gasteiger partial charge in [-0.25, -0.2) is 18.0 Å². The molecule has 0 amide bonds. The van der Waals surface area contributed by atoms with Gasteiger partial charge in [-0.1, -0.05) is 44.0 Å². The number of carbonyl (C=O) groups is 1. The Morgan fingerprint density at radius 3 is 2.22 bits per heavy atom. The molecule has 1 fully saturated rings. The summed E-state index contributed by atoms with van der Waals surface area (Å²) >= 11 is 0. The van der Waals surface area contributed by atoms with E-state index >= 15 is 0 Å². The van der Waals surface area contributed by atoms with Crippen LogP contribution in [0.2, 0.25) is 0 Å². The fourth-order valence-electron chi connectivity index (χ4n) is 4.16. The second kappa shape index (κ2) is 8.15. The largest absolute Gasteiger partial charge is 0.478 e. The third kappa shape index (κ3) is 4.02. The van der Waals surface area contributed by atoms with Crippen LogP contribution in [-0.2, 0) is 0 Å². The summed E-state index contributed by atoms with van der Waals surface area (Å²) in [5.74, 6) is -4.91. The standard InChI is InChI=1S/C22H23F3O2/c1-2-3-13-4-6-14(7-5-13)15-8-10-16(11-9-15)19-17(22(26)27)12-18(23)20(24)21(19)25/h8-14H,2-7H2,1H3,(H,26,27)/t13-,14-. The zero-order chi connectivity index (χ0) is 19.6. The molecule has 27 heavy (non-hydrogen) atoms. The highest BCUT2D eigenvalue weighted by Crippen LogP contribution is 2.38. The van der Waals surface area contributed by atoms with Gasteiger partial charge in [0.1, 0.15) is 0 Å². The summed E-state index contributed by atoms with van der Waals surface area (Å²) in [6.07, 6.45) is 7.06. The van der Waals surface area contributed by atoms with Crippen molar-refractivity contribution in [1.29, 1.82) is 0 Å². The summed E-state index contributed by atoms with van der Waals surface area (Å²) in [5.41, 5.74) is 0.347. The lowest BCUT2D eigenvalue weighted by molar-refractivity contribution is 0.0696. The molecule has 1 aliphatic rings. The van der Waals surface area contributed by atoms with Gasteiger partial charge in [-0.05, 0) is 54.7 Å². The molecule has 2 aromatic rings. The highest BCUT2D eigenvalue weighted by molar-refractivity contribution is 5.96. The van der Waals surface area contributed by atoms with Gasteiger partial charge >= 0.3 is 5.97 Å². The Kier molecular flexibility index (Phi) is 5.88. The van der Waals surface area contributed by atoms with Gasteiger partial charge < -0.3 is 5.11 Å². The summed E-state index contributed by atoms with van der Waals surface area (Å²) in [6, 6.07) is 7.39. The van der Waals surface area contributed by atoms with Crippen molar-refractivity contribution in [2.24, 2.45) is 5.92 Å². The molecular weight excluding hydrogens is 353 g/mol. The number of carboxylic acid groups (broad SMARTS) is 1. The fraction of sp³-hybridized carbons (Fsp3) is 0.409. The normalized spacial score (nSPS) is 19.9. The molecule has 0 radical (unpaired) electrons. The molecule has 0 atom stereocenters. The molecule has 2 aromatic carbocycles. The van der Waals surface area contributed by atoms with Gasteiger partial charge in [0.2, 0.25) is 0 Å². The molecule has 0 bridgehead atoms. The molecule has 1 N–H and O–H groups in total. The molecule has 0 aromatic heterocycles. The van der Waals surface area contributed by atoms with Gasteiger partial charge in [0, 0.05) is 5.56 Å². The van der Waals surface area contributed by atoms with Crippen LogP contribution < -0.4 is 0 Å². The predicted octanol–water partition coefficient (Wildman–Crippen LogP) is 6.54. The molecule has 0 heterocycles. The van der Waals surface area contributed by atoms with E-state index in [0.29, 0.717) is 12.0 Å². The van der Waals surface area contributed by atoms with Crippen molar-refractivity contribution in [1.82, 2.24) is 0 Å². The van der Waals surface area contributed by atoms with Crippen LogP contribution in [0.25, 0.3) is 11.1 Å². The maximum absolute atomic E-state index is 14.3. The first-order valence-corrected chi connectivity index (χ1v) is 9.43. The Labute approximate surface area is 157 Å². The Balaban J connectivity index is 1.87. The van der Waals surface area contributed by atoms with Crippen molar-refractivity contribution in [2.45, 2.75) is 51.4 Å². The van der Waals surface area contributed by atoms with E-state index in [1.165, 1.54) is 25.7 Å². The van der Waals surface area contributed by atoms with Crippen molar-refractivity contribution in [2.75, 3.05) is 0 Å². The minimum Gasteiger partial charge on any atom is -0.478 e. The van der Waals surface area contributed by atoms with Gasteiger partial charge in [0.05, 0.1) is 5.56 Å². The summed E-state index contributed by atoms with van der Waals surface area (Å²) in [6.45, 7) is 2.20. The summed E-state index contributed by atoms with van der Waals surface area (Å²) < 4.78 is 41.3. The van der Waals surface area contributed by atoms with Crippen LogP contribution in [0.1, 0.15) is 67.3 Å². The highest BCUT2D eigenvalue weighted by atomic mass is 19.2. The van der Waals surface area contributed by atoms with Gasteiger partial charge in [-0.3, -0.25) is 0 Å². The van der Waals surface area contributed by atoms with Gasteiger partial charge in [0.15, 0.2) is 17.5 Å². The molecule has 1 saturated carbocycles. The fourth-order valence-corrected chi connectivity index (χ4v) is 4.16. The van der Waals surface area contributed by atoms with E-state index in [4.69, 9.17) is 0 Å². The van der Waals surface area contributed by atoms with Crippen LogP contribution in [0, 0.1) is 23.4 Å². The van der Waals surface area contributed by atoms with E-state index in [2.05, 4.69) is 6.92 Å².